The van der Waals surface area contributed by atoms with Gasteiger partial charge in [-0.05, 0) is 60.4 Å². The van der Waals surface area contributed by atoms with E-state index in [1.165, 1.54) is 56.9 Å². The van der Waals surface area contributed by atoms with Crippen LogP contribution in [0.2, 0.25) is 0 Å². The summed E-state index contributed by atoms with van der Waals surface area (Å²) >= 11 is 0. The third-order valence-electron chi connectivity index (χ3n) is 6.19. The Morgan fingerprint density at radius 3 is 2.28 bits per heavy atom. The van der Waals surface area contributed by atoms with E-state index in [-0.39, 0.29) is 23.8 Å². The lowest BCUT2D eigenvalue weighted by Crippen LogP contribution is -2.30. The molecule has 0 aliphatic heterocycles. The number of aromatic hydroxyl groups is 1. The quantitative estimate of drug-likeness (QED) is 0.231. The Kier molecular flexibility index (Phi) is 9.92. The van der Waals surface area contributed by atoms with Gasteiger partial charge in [0.1, 0.15) is 17.1 Å². The number of phenols is 1. The summed E-state index contributed by atoms with van der Waals surface area (Å²) in [5, 5.41) is 10.2. The number of rotatable bonds is 12. The van der Waals surface area contributed by atoms with E-state index in [4.69, 9.17) is 9.47 Å². The molecule has 1 amide bonds. The van der Waals surface area contributed by atoms with E-state index in [0.29, 0.717) is 17.0 Å². The number of esters is 1. The molecule has 0 atom stereocenters. The first-order valence-corrected chi connectivity index (χ1v) is 12.4. The Bertz CT molecular complexity index is 1160. The molecule has 6 heteroatoms. The van der Waals surface area contributed by atoms with Crippen molar-refractivity contribution >= 4 is 17.6 Å². The molecular formula is C30H35NO5. The standard InChI is InChI=1S/C30H35NO5/c1-4-5-6-7-8-10-22-13-15-23(16-14-22)21-31(29(33)24-11-9-12-26(19-24)35-2)25-17-18-28(32)27(20-25)30(34)36-3/h9,11-20,32H,4-8,10,21H2,1-3H3. The second kappa shape index (κ2) is 13.3. The number of ether oxygens (including phenoxy) is 2. The third-order valence-corrected chi connectivity index (χ3v) is 6.19. The average molecular weight is 490 g/mol. The third kappa shape index (κ3) is 7.11. The van der Waals surface area contributed by atoms with Crippen LogP contribution in [0.3, 0.4) is 0 Å². The van der Waals surface area contributed by atoms with Crippen LogP contribution in [0, 0.1) is 0 Å². The summed E-state index contributed by atoms with van der Waals surface area (Å²) in [6, 6.07) is 19.7. The molecule has 0 saturated carbocycles. The Morgan fingerprint density at radius 2 is 1.58 bits per heavy atom. The predicted octanol–water partition coefficient (Wildman–Crippen LogP) is 6.55. The van der Waals surface area contributed by atoms with Gasteiger partial charge in [0.15, 0.2) is 0 Å². The van der Waals surface area contributed by atoms with E-state index in [1.807, 2.05) is 12.1 Å². The van der Waals surface area contributed by atoms with Gasteiger partial charge in [0.05, 0.1) is 20.8 Å². The van der Waals surface area contributed by atoms with Crippen LogP contribution in [-0.2, 0) is 17.7 Å². The van der Waals surface area contributed by atoms with Crippen molar-refractivity contribution in [3.05, 3.63) is 89.0 Å². The molecule has 3 rings (SSSR count). The van der Waals surface area contributed by atoms with Gasteiger partial charge in [-0.25, -0.2) is 4.79 Å². The molecule has 0 heterocycles. The van der Waals surface area contributed by atoms with Crippen LogP contribution < -0.4 is 9.64 Å². The molecule has 0 aliphatic rings. The van der Waals surface area contributed by atoms with Crippen LogP contribution in [0.5, 0.6) is 11.5 Å². The minimum atomic E-state index is -0.675. The fourth-order valence-corrected chi connectivity index (χ4v) is 4.08. The molecule has 36 heavy (non-hydrogen) atoms. The molecule has 0 spiro atoms. The molecular weight excluding hydrogens is 454 g/mol. The number of hydrogen-bond donors (Lipinski definition) is 1. The van der Waals surface area contributed by atoms with E-state index in [1.54, 1.807) is 42.3 Å². The summed E-state index contributed by atoms with van der Waals surface area (Å²) < 4.78 is 10.1. The molecule has 3 aromatic rings. The molecule has 0 bridgehead atoms. The molecule has 0 fully saturated rings. The maximum atomic E-state index is 13.6. The number of aryl methyl sites for hydroxylation is 1. The summed E-state index contributed by atoms with van der Waals surface area (Å²) in [6.07, 6.45) is 7.24. The van der Waals surface area contributed by atoms with Gasteiger partial charge in [-0.1, -0.05) is 62.9 Å². The van der Waals surface area contributed by atoms with Crippen molar-refractivity contribution in [3.63, 3.8) is 0 Å². The Hall–Kier alpha value is -3.80. The lowest BCUT2D eigenvalue weighted by molar-refractivity contribution is 0.0597. The fourth-order valence-electron chi connectivity index (χ4n) is 4.08. The Balaban J connectivity index is 1.87. The number of phenolic OH excluding ortho intramolecular Hbond substituents is 1. The number of hydrogen-bond acceptors (Lipinski definition) is 5. The first-order valence-electron chi connectivity index (χ1n) is 12.4. The molecule has 1 N–H and O–H groups in total. The van der Waals surface area contributed by atoms with Crippen molar-refractivity contribution in [1.29, 1.82) is 0 Å². The number of anilines is 1. The molecule has 190 valence electrons. The largest absolute Gasteiger partial charge is 0.507 e. The van der Waals surface area contributed by atoms with Crippen molar-refractivity contribution in [2.45, 2.75) is 52.0 Å². The smallest absolute Gasteiger partial charge is 0.341 e. The summed E-state index contributed by atoms with van der Waals surface area (Å²) in [7, 11) is 2.80. The highest BCUT2D eigenvalue weighted by atomic mass is 16.5. The zero-order valence-corrected chi connectivity index (χ0v) is 21.3. The van der Waals surface area contributed by atoms with Crippen molar-refractivity contribution in [1.82, 2.24) is 0 Å². The van der Waals surface area contributed by atoms with Gasteiger partial charge in [-0.2, -0.15) is 0 Å². The number of nitrogens with zero attached hydrogens (tertiary/aromatic N) is 1. The van der Waals surface area contributed by atoms with Crippen molar-refractivity contribution in [3.8, 4) is 11.5 Å². The van der Waals surface area contributed by atoms with Crippen molar-refractivity contribution < 1.29 is 24.2 Å². The number of methoxy groups -OCH3 is 2. The van der Waals surface area contributed by atoms with E-state index in [9.17, 15) is 14.7 Å². The van der Waals surface area contributed by atoms with Gasteiger partial charge in [0.2, 0.25) is 0 Å². The zero-order valence-electron chi connectivity index (χ0n) is 21.3. The molecule has 0 saturated heterocycles. The van der Waals surface area contributed by atoms with Crippen molar-refractivity contribution in [2.24, 2.45) is 0 Å². The lowest BCUT2D eigenvalue weighted by Gasteiger charge is -2.24. The first-order chi connectivity index (χ1) is 17.5. The summed E-state index contributed by atoms with van der Waals surface area (Å²) in [5.74, 6) is -0.561. The maximum Gasteiger partial charge on any atom is 0.341 e. The minimum Gasteiger partial charge on any atom is -0.507 e. The molecule has 0 unspecified atom stereocenters. The van der Waals surface area contributed by atoms with Gasteiger partial charge in [0, 0.05) is 11.3 Å². The van der Waals surface area contributed by atoms with Crippen LogP contribution in [0.4, 0.5) is 5.69 Å². The van der Waals surface area contributed by atoms with E-state index >= 15 is 0 Å². The maximum absolute atomic E-state index is 13.6. The number of amides is 1. The zero-order chi connectivity index (χ0) is 25.9. The highest BCUT2D eigenvalue weighted by molar-refractivity contribution is 6.07. The first kappa shape index (κ1) is 26.8. The summed E-state index contributed by atoms with van der Waals surface area (Å²) in [5.41, 5.74) is 3.15. The van der Waals surface area contributed by atoms with Crippen LogP contribution in [0.1, 0.15) is 70.9 Å². The lowest BCUT2D eigenvalue weighted by atomic mass is 10.0. The fraction of sp³-hybridized carbons (Fsp3) is 0.333. The van der Waals surface area contributed by atoms with E-state index in [0.717, 1.165) is 12.0 Å². The van der Waals surface area contributed by atoms with Gasteiger partial charge < -0.3 is 19.5 Å². The minimum absolute atomic E-state index is 0.00290. The molecule has 0 aromatic heterocycles. The molecule has 3 aromatic carbocycles. The average Bonchev–Trinajstić information content (AvgIpc) is 2.92. The number of unbranched alkanes of at least 4 members (excludes halogenated alkanes) is 4. The van der Waals surface area contributed by atoms with Crippen LogP contribution in [-0.4, -0.2) is 31.2 Å². The van der Waals surface area contributed by atoms with Crippen LogP contribution in [0.25, 0.3) is 0 Å². The topological polar surface area (TPSA) is 76.1 Å². The van der Waals surface area contributed by atoms with Crippen molar-refractivity contribution in [2.75, 3.05) is 19.1 Å². The number of carbonyl (C=O) groups excluding carboxylic acids is 2. The van der Waals surface area contributed by atoms with Crippen LogP contribution >= 0.6 is 0 Å². The van der Waals surface area contributed by atoms with Gasteiger partial charge in [-0.15, -0.1) is 0 Å². The Morgan fingerprint density at radius 1 is 0.861 bits per heavy atom. The second-order valence-electron chi connectivity index (χ2n) is 8.80. The molecule has 6 nitrogen and oxygen atoms in total. The summed E-state index contributed by atoms with van der Waals surface area (Å²) in [6.45, 7) is 2.51. The van der Waals surface area contributed by atoms with Gasteiger partial charge >= 0.3 is 5.97 Å². The summed E-state index contributed by atoms with van der Waals surface area (Å²) in [4.78, 5) is 27.4. The highest BCUT2D eigenvalue weighted by Crippen LogP contribution is 2.28. The number of benzene rings is 3. The SMILES string of the molecule is CCCCCCCc1ccc(CN(C(=O)c2cccc(OC)c2)c2ccc(O)c(C(=O)OC)c2)cc1. The molecule has 0 radical (unpaired) electrons. The van der Waals surface area contributed by atoms with E-state index < -0.39 is 5.97 Å². The normalized spacial score (nSPS) is 10.6. The number of carbonyl (C=O) groups is 2. The molecule has 0 aliphatic carbocycles. The van der Waals surface area contributed by atoms with Gasteiger partial charge in [-0.3, -0.25) is 4.79 Å². The highest BCUT2D eigenvalue weighted by Gasteiger charge is 2.22. The van der Waals surface area contributed by atoms with Crippen LogP contribution in [0.15, 0.2) is 66.7 Å². The Labute approximate surface area is 213 Å². The van der Waals surface area contributed by atoms with E-state index in [2.05, 4.69) is 19.1 Å². The van der Waals surface area contributed by atoms with Gasteiger partial charge in [0.25, 0.3) is 5.91 Å². The predicted molar refractivity (Wildman–Crippen MR) is 142 cm³/mol. The monoisotopic (exact) mass is 489 g/mol. The second-order valence-corrected chi connectivity index (χ2v) is 8.80.